The van der Waals surface area contributed by atoms with Crippen molar-refractivity contribution in [1.82, 2.24) is 0 Å². The molecular formula is C17H17NO3. The lowest BCUT2D eigenvalue weighted by molar-refractivity contribution is 0.0835. The van der Waals surface area contributed by atoms with Crippen LogP contribution in [0.15, 0.2) is 47.6 Å². The first-order chi connectivity index (χ1) is 10.2. The smallest absolute Gasteiger partial charge is 0.164 e. The normalized spacial score (nSPS) is 17.2. The molecule has 0 fully saturated rings. The van der Waals surface area contributed by atoms with Crippen LogP contribution in [0.2, 0.25) is 0 Å². The Labute approximate surface area is 123 Å². The number of benzene rings is 2. The van der Waals surface area contributed by atoms with E-state index in [2.05, 4.69) is 11.2 Å². The highest BCUT2D eigenvalue weighted by atomic mass is 16.6. The topological polar surface area (TPSA) is 51.0 Å². The molecule has 0 unspecified atom stereocenters. The molecule has 1 atom stereocenters. The number of phenolic OH excluding ortho intramolecular Hbond substituents is 1. The number of aromatic hydroxyl groups is 1. The predicted molar refractivity (Wildman–Crippen MR) is 80.8 cm³/mol. The van der Waals surface area contributed by atoms with Crippen molar-refractivity contribution in [1.29, 1.82) is 0 Å². The fourth-order valence-corrected chi connectivity index (χ4v) is 2.50. The van der Waals surface area contributed by atoms with Crippen molar-refractivity contribution in [3.63, 3.8) is 0 Å². The third-order valence-corrected chi connectivity index (χ3v) is 3.62. The first kappa shape index (κ1) is 13.5. The van der Waals surface area contributed by atoms with E-state index in [1.165, 1.54) is 12.7 Å². The number of ether oxygens (including phenoxy) is 1. The Kier molecular flexibility index (Phi) is 3.52. The van der Waals surface area contributed by atoms with Crippen LogP contribution in [0.4, 0.5) is 0 Å². The van der Waals surface area contributed by atoms with Gasteiger partial charge in [0.15, 0.2) is 17.6 Å². The van der Waals surface area contributed by atoms with Gasteiger partial charge in [0, 0.05) is 12.0 Å². The van der Waals surface area contributed by atoms with E-state index in [0.29, 0.717) is 17.7 Å². The molecule has 0 amide bonds. The molecular weight excluding hydrogens is 266 g/mol. The molecule has 2 aromatic carbocycles. The molecule has 4 nitrogen and oxygen atoms in total. The minimum absolute atomic E-state index is 0.116. The van der Waals surface area contributed by atoms with Gasteiger partial charge in [-0.05, 0) is 18.6 Å². The Bertz CT molecular complexity index is 694. The Morgan fingerprint density at radius 2 is 2.05 bits per heavy atom. The van der Waals surface area contributed by atoms with Crippen LogP contribution in [0.3, 0.4) is 0 Å². The van der Waals surface area contributed by atoms with Crippen molar-refractivity contribution in [3.05, 3.63) is 59.2 Å². The van der Waals surface area contributed by atoms with Crippen molar-refractivity contribution in [3.8, 4) is 11.5 Å². The summed E-state index contributed by atoms with van der Waals surface area (Å²) in [5.74, 6) is 0.561. The molecule has 0 aromatic heterocycles. The first-order valence-corrected chi connectivity index (χ1v) is 6.84. The van der Waals surface area contributed by atoms with Gasteiger partial charge in [-0.25, -0.2) is 0 Å². The maximum Gasteiger partial charge on any atom is 0.164 e. The zero-order valence-electron chi connectivity index (χ0n) is 12.0. The van der Waals surface area contributed by atoms with E-state index < -0.39 is 0 Å². The molecule has 1 N–H and O–H groups in total. The van der Waals surface area contributed by atoms with Crippen molar-refractivity contribution < 1.29 is 14.7 Å². The molecule has 0 spiro atoms. The monoisotopic (exact) mass is 283 g/mol. The molecule has 3 rings (SSSR count). The van der Waals surface area contributed by atoms with Gasteiger partial charge < -0.3 is 14.7 Å². The number of methoxy groups -OCH3 is 1. The van der Waals surface area contributed by atoms with Crippen LogP contribution in [0.5, 0.6) is 11.5 Å². The van der Waals surface area contributed by atoms with Crippen molar-refractivity contribution in [2.45, 2.75) is 19.4 Å². The lowest BCUT2D eigenvalue weighted by Crippen LogP contribution is -2.02. The third kappa shape index (κ3) is 2.57. The quantitative estimate of drug-likeness (QED) is 0.936. The SMILES string of the molecule is COc1cccc([C@@H]2CC(c3cccc(C)c3)=NO2)c1O. The number of para-hydroxylation sites is 1. The zero-order chi connectivity index (χ0) is 14.8. The minimum atomic E-state index is -0.282. The summed E-state index contributed by atoms with van der Waals surface area (Å²) >= 11 is 0. The minimum Gasteiger partial charge on any atom is -0.504 e. The van der Waals surface area contributed by atoms with Crippen LogP contribution >= 0.6 is 0 Å². The average Bonchev–Trinajstić information content (AvgIpc) is 2.97. The Hall–Kier alpha value is -2.49. The summed E-state index contributed by atoms with van der Waals surface area (Å²) in [4.78, 5) is 5.50. The van der Waals surface area contributed by atoms with Crippen LogP contribution in [-0.2, 0) is 4.84 Å². The predicted octanol–water partition coefficient (Wildman–Crippen LogP) is 3.57. The standard InChI is InChI=1S/C17H17NO3/c1-11-5-3-6-12(9-11)14-10-16(21-18-14)13-7-4-8-15(20-2)17(13)19/h3-9,16,19H,10H2,1-2H3/t16-/m0/s1. The molecule has 2 aromatic rings. The molecule has 0 saturated heterocycles. The number of phenols is 1. The van der Waals surface area contributed by atoms with Gasteiger partial charge in [0.2, 0.25) is 0 Å². The third-order valence-electron chi connectivity index (χ3n) is 3.62. The molecule has 0 bridgehead atoms. The van der Waals surface area contributed by atoms with Crippen molar-refractivity contribution in [2.24, 2.45) is 5.16 Å². The van der Waals surface area contributed by atoms with Gasteiger partial charge in [-0.1, -0.05) is 47.1 Å². The highest BCUT2D eigenvalue weighted by Gasteiger charge is 2.27. The number of hydrogen-bond donors (Lipinski definition) is 1. The summed E-state index contributed by atoms with van der Waals surface area (Å²) in [6, 6.07) is 13.5. The van der Waals surface area contributed by atoms with Gasteiger partial charge >= 0.3 is 0 Å². The Morgan fingerprint density at radius 3 is 2.81 bits per heavy atom. The van der Waals surface area contributed by atoms with Gasteiger partial charge in [0.1, 0.15) is 0 Å². The van der Waals surface area contributed by atoms with Crippen LogP contribution in [0.1, 0.15) is 29.2 Å². The Morgan fingerprint density at radius 1 is 1.24 bits per heavy atom. The maximum atomic E-state index is 10.2. The number of hydrogen-bond acceptors (Lipinski definition) is 4. The van der Waals surface area contributed by atoms with Crippen LogP contribution in [-0.4, -0.2) is 17.9 Å². The fourth-order valence-electron chi connectivity index (χ4n) is 2.50. The maximum absolute atomic E-state index is 10.2. The van der Waals surface area contributed by atoms with E-state index in [1.54, 1.807) is 6.07 Å². The number of oxime groups is 1. The average molecular weight is 283 g/mol. The van der Waals surface area contributed by atoms with Crippen LogP contribution in [0.25, 0.3) is 0 Å². The summed E-state index contributed by atoms with van der Waals surface area (Å²) in [6.45, 7) is 2.05. The van der Waals surface area contributed by atoms with Gasteiger partial charge in [0.25, 0.3) is 0 Å². The lowest BCUT2D eigenvalue weighted by atomic mass is 9.98. The second kappa shape index (κ2) is 5.48. The van der Waals surface area contributed by atoms with Gasteiger partial charge in [-0.3, -0.25) is 0 Å². The van der Waals surface area contributed by atoms with Crippen molar-refractivity contribution >= 4 is 5.71 Å². The molecule has 0 radical (unpaired) electrons. The molecule has 108 valence electrons. The molecule has 1 aliphatic rings. The summed E-state index contributed by atoms with van der Waals surface area (Å²) in [6.07, 6.45) is 0.347. The largest absolute Gasteiger partial charge is 0.504 e. The summed E-state index contributed by atoms with van der Waals surface area (Å²) in [7, 11) is 1.53. The van der Waals surface area contributed by atoms with Crippen LogP contribution in [0, 0.1) is 6.92 Å². The fraction of sp³-hybridized carbons (Fsp3) is 0.235. The van der Waals surface area contributed by atoms with E-state index in [0.717, 1.165) is 11.3 Å². The van der Waals surface area contributed by atoms with E-state index >= 15 is 0 Å². The molecule has 1 aliphatic heterocycles. The number of rotatable bonds is 3. The number of nitrogens with zero attached hydrogens (tertiary/aromatic N) is 1. The molecule has 0 aliphatic carbocycles. The van der Waals surface area contributed by atoms with Gasteiger partial charge in [-0.2, -0.15) is 0 Å². The van der Waals surface area contributed by atoms with Crippen LogP contribution < -0.4 is 4.74 Å². The Balaban J connectivity index is 1.83. The number of aryl methyl sites for hydroxylation is 1. The van der Waals surface area contributed by atoms with E-state index in [9.17, 15) is 5.11 Å². The molecule has 0 saturated carbocycles. The highest BCUT2D eigenvalue weighted by molar-refractivity contribution is 6.01. The second-order valence-electron chi connectivity index (χ2n) is 5.10. The first-order valence-electron chi connectivity index (χ1n) is 6.84. The van der Waals surface area contributed by atoms with Crippen molar-refractivity contribution in [2.75, 3.05) is 7.11 Å². The molecule has 21 heavy (non-hydrogen) atoms. The van der Waals surface area contributed by atoms with E-state index in [-0.39, 0.29) is 11.9 Å². The zero-order valence-corrected chi connectivity index (χ0v) is 12.0. The highest BCUT2D eigenvalue weighted by Crippen LogP contribution is 2.39. The van der Waals surface area contributed by atoms with Gasteiger partial charge in [-0.15, -0.1) is 0 Å². The summed E-state index contributed by atoms with van der Waals surface area (Å²) in [5, 5.41) is 14.4. The van der Waals surface area contributed by atoms with Gasteiger partial charge in [0.05, 0.1) is 12.8 Å². The molecule has 1 heterocycles. The lowest BCUT2D eigenvalue weighted by Gasteiger charge is -2.12. The molecule has 4 heteroatoms. The second-order valence-corrected chi connectivity index (χ2v) is 5.10. The van der Waals surface area contributed by atoms with E-state index in [4.69, 9.17) is 9.57 Å². The van der Waals surface area contributed by atoms with E-state index in [1.807, 2.05) is 37.3 Å². The summed E-state index contributed by atoms with van der Waals surface area (Å²) < 4.78 is 5.13. The summed E-state index contributed by atoms with van der Waals surface area (Å²) in [5.41, 5.74) is 3.83.